The Morgan fingerprint density at radius 2 is 1.87 bits per heavy atom. The number of anilines is 4. The number of nitrogens with zero attached hydrogens (tertiary/aromatic N) is 4. The molecule has 0 saturated carbocycles. The molecule has 5 rings (SSSR count). The Labute approximate surface area is 269 Å². The van der Waals surface area contributed by atoms with Crippen molar-refractivity contribution < 1.29 is 19.4 Å². The van der Waals surface area contributed by atoms with Crippen LogP contribution < -0.4 is 25.4 Å². The molecule has 0 spiro atoms. The Balaban J connectivity index is 1.62. The van der Waals surface area contributed by atoms with Crippen molar-refractivity contribution in [1.82, 2.24) is 19.7 Å². The fourth-order valence-electron chi connectivity index (χ4n) is 4.75. The molecule has 3 aromatic heterocycles. The van der Waals surface area contributed by atoms with Crippen LogP contribution in [0.4, 0.5) is 23.0 Å². The zero-order valence-electron chi connectivity index (χ0n) is 24.8. The number of carbonyl (C=O) groups excluding carboxylic acids is 1. The summed E-state index contributed by atoms with van der Waals surface area (Å²) in [6.07, 6.45) is 6.50. The summed E-state index contributed by atoms with van der Waals surface area (Å²) in [5, 5.41) is 25.2. The standard InChI is InChI=1S/C32H31Cl2N7O4/c1-5-27(43)38-22-8-6-7-18(2)31(22)40-26-12-21-20(16-35-26)11-23(28-29(33)24(44-3)13-25(45-4)30(28)34)39-32(21)36-14-19-15-37-41(17-19)9-10-42/h5-8,11-13,15-17,42H,1,9-10,14H2,2-4H3,(H,35,40)(H,36,39)(H,38,43). The number of fused-ring (bicyclic) bond motifs is 1. The third-order valence-corrected chi connectivity index (χ3v) is 7.74. The Morgan fingerprint density at radius 1 is 1.11 bits per heavy atom. The summed E-state index contributed by atoms with van der Waals surface area (Å²) in [5.74, 6) is 1.50. The number of nitrogens with one attached hydrogen (secondary N) is 3. The molecule has 232 valence electrons. The number of halogens is 2. The van der Waals surface area contributed by atoms with E-state index < -0.39 is 0 Å². The number of carbonyl (C=O) groups is 1. The van der Waals surface area contributed by atoms with Gasteiger partial charge in [0.15, 0.2) is 0 Å². The number of ether oxygens (including phenoxy) is 2. The lowest BCUT2D eigenvalue weighted by molar-refractivity contribution is -0.111. The topological polar surface area (TPSA) is 135 Å². The summed E-state index contributed by atoms with van der Waals surface area (Å²) in [4.78, 5) is 21.7. The van der Waals surface area contributed by atoms with Crippen molar-refractivity contribution in [1.29, 1.82) is 0 Å². The highest BCUT2D eigenvalue weighted by Gasteiger charge is 2.21. The second-order valence-electron chi connectivity index (χ2n) is 9.94. The van der Waals surface area contributed by atoms with E-state index >= 15 is 0 Å². The summed E-state index contributed by atoms with van der Waals surface area (Å²) in [6.45, 7) is 6.23. The van der Waals surface area contributed by atoms with E-state index in [9.17, 15) is 9.90 Å². The number of aryl methyl sites for hydroxylation is 1. The molecule has 0 unspecified atom stereocenters. The maximum absolute atomic E-state index is 12.1. The van der Waals surface area contributed by atoms with Crippen molar-refractivity contribution in [3.8, 4) is 22.8 Å². The molecule has 11 nitrogen and oxygen atoms in total. The number of pyridine rings is 2. The first kappa shape index (κ1) is 31.6. The van der Waals surface area contributed by atoms with Gasteiger partial charge in [-0.3, -0.25) is 9.48 Å². The van der Waals surface area contributed by atoms with Crippen LogP contribution in [0.15, 0.2) is 67.6 Å². The van der Waals surface area contributed by atoms with Crippen LogP contribution in [0.3, 0.4) is 0 Å². The van der Waals surface area contributed by atoms with Crippen LogP contribution in [0.1, 0.15) is 11.1 Å². The SMILES string of the molecule is C=CC(=O)Nc1cccc(C)c1Nc1cc2c(NCc3cnn(CCO)c3)nc(-c3c(Cl)c(OC)cc(OC)c3Cl)cc2cn1. The predicted molar refractivity (Wildman–Crippen MR) is 178 cm³/mol. The second kappa shape index (κ2) is 13.9. The summed E-state index contributed by atoms with van der Waals surface area (Å²) in [5.41, 5.74) is 3.99. The molecule has 0 fully saturated rings. The molecule has 2 aromatic carbocycles. The van der Waals surface area contributed by atoms with E-state index in [1.54, 1.807) is 29.2 Å². The molecule has 0 bridgehead atoms. The zero-order valence-corrected chi connectivity index (χ0v) is 26.3. The van der Waals surface area contributed by atoms with E-state index in [1.807, 2.05) is 37.4 Å². The average molecular weight is 649 g/mol. The molecule has 0 aliphatic heterocycles. The van der Waals surface area contributed by atoms with Gasteiger partial charge in [-0.2, -0.15) is 5.10 Å². The Bertz CT molecular complexity index is 1870. The number of aliphatic hydroxyl groups excluding tert-OH is 1. The maximum atomic E-state index is 12.1. The molecule has 0 saturated heterocycles. The van der Waals surface area contributed by atoms with Crippen LogP contribution in [-0.4, -0.2) is 51.6 Å². The highest BCUT2D eigenvalue weighted by atomic mass is 35.5. The average Bonchev–Trinajstić information content (AvgIpc) is 3.49. The van der Waals surface area contributed by atoms with Gasteiger partial charge in [-0.1, -0.05) is 41.9 Å². The quantitative estimate of drug-likeness (QED) is 0.110. The number of para-hydroxylation sites is 1. The maximum Gasteiger partial charge on any atom is 0.247 e. The number of benzene rings is 2. The lowest BCUT2D eigenvalue weighted by Gasteiger charge is -2.18. The highest BCUT2D eigenvalue weighted by molar-refractivity contribution is 6.41. The molecule has 0 atom stereocenters. The lowest BCUT2D eigenvalue weighted by Crippen LogP contribution is -2.10. The van der Waals surface area contributed by atoms with E-state index in [0.29, 0.717) is 58.9 Å². The molecular weight excluding hydrogens is 617 g/mol. The van der Waals surface area contributed by atoms with E-state index in [1.165, 1.54) is 20.3 Å². The van der Waals surface area contributed by atoms with Crippen molar-refractivity contribution in [2.24, 2.45) is 0 Å². The van der Waals surface area contributed by atoms with E-state index in [-0.39, 0.29) is 22.6 Å². The highest BCUT2D eigenvalue weighted by Crippen LogP contribution is 2.46. The first-order valence-corrected chi connectivity index (χ1v) is 14.6. The Hall–Kier alpha value is -4.84. The van der Waals surface area contributed by atoms with Crippen LogP contribution in [0, 0.1) is 6.92 Å². The summed E-state index contributed by atoms with van der Waals surface area (Å²) in [7, 11) is 3.02. The van der Waals surface area contributed by atoms with Gasteiger partial charge in [0, 0.05) is 46.9 Å². The smallest absolute Gasteiger partial charge is 0.247 e. The normalized spacial score (nSPS) is 10.9. The minimum atomic E-state index is -0.327. The first-order valence-electron chi connectivity index (χ1n) is 13.8. The molecule has 0 radical (unpaired) electrons. The molecule has 1 amide bonds. The number of hydrogen-bond acceptors (Lipinski definition) is 9. The molecular formula is C32H31Cl2N7O4. The van der Waals surface area contributed by atoms with Gasteiger partial charge in [-0.25, -0.2) is 9.97 Å². The van der Waals surface area contributed by atoms with Crippen molar-refractivity contribution >= 4 is 62.9 Å². The van der Waals surface area contributed by atoms with Crippen molar-refractivity contribution in [3.05, 3.63) is 88.8 Å². The second-order valence-corrected chi connectivity index (χ2v) is 10.7. The third kappa shape index (κ3) is 6.80. The molecule has 3 heterocycles. The molecule has 5 aromatic rings. The minimum Gasteiger partial charge on any atom is -0.495 e. The number of methoxy groups -OCH3 is 2. The number of aliphatic hydroxyl groups is 1. The molecule has 13 heteroatoms. The fraction of sp³-hybridized carbons (Fsp3) is 0.188. The molecule has 0 aliphatic carbocycles. The van der Waals surface area contributed by atoms with Gasteiger partial charge in [-0.15, -0.1) is 0 Å². The lowest BCUT2D eigenvalue weighted by atomic mass is 10.1. The molecule has 0 aliphatic rings. The predicted octanol–water partition coefficient (Wildman–Crippen LogP) is 6.60. The Kier molecular flexibility index (Phi) is 9.72. The van der Waals surface area contributed by atoms with Crippen LogP contribution in [-0.2, 0) is 17.9 Å². The molecule has 45 heavy (non-hydrogen) atoms. The van der Waals surface area contributed by atoms with Gasteiger partial charge in [-0.05, 0) is 36.8 Å². The number of aromatic nitrogens is 4. The number of rotatable bonds is 12. The van der Waals surface area contributed by atoms with Crippen LogP contribution in [0.25, 0.3) is 22.0 Å². The van der Waals surface area contributed by atoms with Gasteiger partial charge in [0.1, 0.15) is 23.1 Å². The summed E-state index contributed by atoms with van der Waals surface area (Å²) >= 11 is 13.5. The number of hydrogen-bond donors (Lipinski definition) is 4. The Morgan fingerprint density at radius 3 is 2.56 bits per heavy atom. The third-order valence-electron chi connectivity index (χ3n) is 6.99. The van der Waals surface area contributed by atoms with Gasteiger partial charge in [0.05, 0.1) is 60.7 Å². The van der Waals surface area contributed by atoms with Crippen LogP contribution in [0.5, 0.6) is 11.5 Å². The van der Waals surface area contributed by atoms with Gasteiger partial charge in [0.25, 0.3) is 0 Å². The van der Waals surface area contributed by atoms with Crippen molar-refractivity contribution in [2.75, 3.05) is 36.8 Å². The summed E-state index contributed by atoms with van der Waals surface area (Å²) < 4.78 is 12.6. The van der Waals surface area contributed by atoms with Crippen LogP contribution in [0.2, 0.25) is 10.0 Å². The van der Waals surface area contributed by atoms with E-state index in [2.05, 4.69) is 32.6 Å². The van der Waals surface area contributed by atoms with Crippen molar-refractivity contribution in [3.63, 3.8) is 0 Å². The van der Waals surface area contributed by atoms with Crippen molar-refractivity contribution in [2.45, 2.75) is 20.0 Å². The first-order chi connectivity index (χ1) is 21.8. The largest absolute Gasteiger partial charge is 0.495 e. The van der Waals surface area contributed by atoms with Gasteiger partial charge in [0.2, 0.25) is 5.91 Å². The van der Waals surface area contributed by atoms with E-state index in [4.69, 9.17) is 37.7 Å². The monoisotopic (exact) mass is 647 g/mol. The summed E-state index contributed by atoms with van der Waals surface area (Å²) in [6, 6.07) is 10.9. The van der Waals surface area contributed by atoms with Crippen LogP contribution >= 0.6 is 23.2 Å². The van der Waals surface area contributed by atoms with E-state index in [0.717, 1.165) is 21.9 Å². The molecule has 4 N–H and O–H groups in total. The fourth-order valence-corrected chi connectivity index (χ4v) is 5.44. The zero-order chi connectivity index (χ0) is 32.1. The van der Waals surface area contributed by atoms with Gasteiger partial charge >= 0.3 is 0 Å². The number of amides is 1. The minimum absolute atomic E-state index is 0.0169. The van der Waals surface area contributed by atoms with Gasteiger partial charge < -0.3 is 30.5 Å².